The van der Waals surface area contributed by atoms with E-state index in [-0.39, 0.29) is 5.56 Å². The molecule has 0 aromatic carbocycles. The lowest BCUT2D eigenvalue weighted by atomic mass is 9.96. The zero-order chi connectivity index (χ0) is 18.0. The van der Waals surface area contributed by atoms with E-state index in [4.69, 9.17) is 0 Å². The van der Waals surface area contributed by atoms with Gasteiger partial charge in [-0.15, -0.1) is 0 Å². The van der Waals surface area contributed by atoms with Gasteiger partial charge in [-0.05, 0) is 38.7 Å². The minimum atomic E-state index is 0.0901. The molecule has 0 saturated carbocycles. The van der Waals surface area contributed by atoms with Crippen molar-refractivity contribution >= 4 is 5.82 Å². The summed E-state index contributed by atoms with van der Waals surface area (Å²) in [6, 6.07) is 1.99. The molecule has 3 rings (SSSR count). The van der Waals surface area contributed by atoms with Crippen LogP contribution in [0.4, 0.5) is 5.82 Å². The normalized spacial score (nSPS) is 15.8. The Bertz CT molecular complexity index is 791. The number of rotatable bonds is 4. The van der Waals surface area contributed by atoms with Gasteiger partial charge in [0.25, 0.3) is 5.56 Å². The Morgan fingerprint density at radius 2 is 1.92 bits per heavy atom. The van der Waals surface area contributed by atoms with Crippen LogP contribution in [0.2, 0.25) is 0 Å². The fourth-order valence-corrected chi connectivity index (χ4v) is 3.25. The topological polar surface area (TPSA) is 63.9 Å². The Hall–Kier alpha value is -2.24. The Kier molecular flexibility index (Phi) is 5.16. The van der Waals surface area contributed by atoms with E-state index in [1.54, 1.807) is 10.9 Å². The number of aryl methyl sites for hydroxylation is 1. The van der Waals surface area contributed by atoms with Crippen molar-refractivity contribution in [3.05, 3.63) is 46.0 Å². The number of aromatic nitrogens is 4. The molecule has 1 aliphatic rings. The highest BCUT2D eigenvalue weighted by Crippen LogP contribution is 2.23. The molecule has 6 heteroatoms. The monoisotopic (exact) mass is 341 g/mol. The molecule has 0 spiro atoms. The van der Waals surface area contributed by atoms with Crippen molar-refractivity contribution in [3.63, 3.8) is 0 Å². The molecule has 0 atom stereocenters. The van der Waals surface area contributed by atoms with Crippen molar-refractivity contribution in [2.24, 2.45) is 5.92 Å². The Balaban J connectivity index is 1.64. The van der Waals surface area contributed by atoms with Crippen LogP contribution in [0, 0.1) is 19.8 Å². The van der Waals surface area contributed by atoms with Crippen LogP contribution in [-0.4, -0.2) is 32.6 Å². The number of hydrogen-bond donors (Lipinski definition) is 0. The first-order valence-corrected chi connectivity index (χ1v) is 9.06. The van der Waals surface area contributed by atoms with E-state index in [1.807, 2.05) is 26.1 Å². The first-order valence-electron chi connectivity index (χ1n) is 9.06. The maximum absolute atomic E-state index is 12.3. The Morgan fingerprint density at radius 3 is 2.60 bits per heavy atom. The highest BCUT2D eigenvalue weighted by Gasteiger charge is 2.21. The molecule has 25 heavy (non-hydrogen) atoms. The van der Waals surface area contributed by atoms with Gasteiger partial charge in [-0.1, -0.05) is 13.8 Å². The molecular weight excluding hydrogens is 314 g/mol. The van der Waals surface area contributed by atoms with Gasteiger partial charge >= 0.3 is 0 Å². The Labute approximate surface area is 149 Å². The van der Waals surface area contributed by atoms with Crippen LogP contribution >= 0.6 is 0 Å². The average molecular weight is 341 g/mol. The molecular formula is C19H27N5O. The van der Waals surface area contributed by atoms with E-state index in [1.165, 1.54) is 0 Å². The number of anilines is 1. The average Bonchev–Trinajstić information content (AvgIpc) is 2.63. The molecule has 1 saturated heterocycles. The minimum Gasteiger partial charge on any atom is -0.356 e. The fourth-order valence-electron chi connectivity index (χ4n) is 3.25. The van der Waals surface area contributed by atoms with Crippen LogP contribution in [0.1, 0.15) is 49.7 Å². The van der Waals surface area contributed by atoms with E-state index in [9.17, 15) is 4.79 Å². The van der Waals surface area contributed by atoms with Gasteiger partial charge in [0.1, 0.15) is 11.6 Å². The van der Waals surface area contributed by atoms with Gasteiger partial charge in [0, 0.05) is 43.0 Å². The SMILES string of the molecule is Cc1ncn(CC2CCN(c3ccnc(C(C)C)n3)CC2)c(=O)c1C. The standard InChI is InChI=1S/C19H27N5O/c1-13(2)18-20-8-5-17(22-18)23-9-6-16(7-10-23)11-24-12-21-15(4)14(3)19(24)25/h5,8,12-13,16H,6-7,9-11H2,1-4H3. The number of piperidine rings is 1. The summed E-state index contributed by atoms with van der Waals surface area (Å²) in [6.07, 6.45) is 5.65. The van der Waals surface area contributed by atoms with Crippen molar-refractivity contribution in [2.75, 3.05) is 18.0 Å². The van der Waals surface area contributed by atoms with E-state index in [2.05, 4.69) is 33.7 Å². The Morgan fingerprint density at radius 1 is 1.20 bits per heavy atom. The van der Waals surface area contributed by atoms with Gasteiger partial charge < -0.3 is 4.90 Å². The molecule has 6 nitrogen and oxygen atoms in total. The highest BCUT2D eigenvalue weighted by atomic mass is 16.1. The summed E-state index contributed by atoms with van der Waals surface area (Å²) in [4.78, 5) is 28.0. The van der Waals surface area contributed by atoms with E-state index >= 15 is 0 Å². The van der Waals surface area contributed by atoms with E-state index < -0.39 is 0 Å². The lowest BCUT2D eigenvalue weighted by Crippen LogP contribution is -2.37. The van der Waals surface area contributed by atoms with Crippen LogP contribution in [-0.2, 0) is 6.54 Å². The second-order valence-electron chi connectivity index (χ2n) is 7.27. The molecule has 134 valence electrons. The summed E-state index contributed by atoms with van der Waals surface area (Å²) >= 11 is 0. The van der Waals surface area contributed by atoms with Gasteiger partial charge in [-0.2, -0.15) is 0 Å². The van der Waals surface area contributed by atoms with Crippen molar-refractivity contribution in [1.82, 2.24) is 19.5 Å². The fraction of sp³-hybridized carbons (Fsp3) is 0.579. The van der Waals surface area contributed by atoms with E-state index in [0.717, 1.165) is 55.4 Å². The molecule has 0 amide bonds. The van der Waals surface area contributed by atoms with Crippen molar-refractivity contribution in [1.29, 1.82) is 0 Å². The van der Waals surface area contributed by atoms with Crippen LogP contribution < -0.4 is 10.5 Å². The van der Waals surface area contributed by atoms with Gasteiger partial charge in [0.05, 0.1) is 6.33 Å². The molecule has 0 bridgehead atoms. The zero-order valence-electron chi connectivity index (χ0n) is 15.6. The minimum absolute atomic E-state index is 0.0901. The smallest absolute Gasteiger partial charge is 0.256 e. The summed E-state index contributed by atoms with van der Waals surface area (Å²) in [5.74, 6) is 2.75. The van der Waals surface area contributed by atoms with Crippen LogP contribution in [0.25, 0.3) is 0 Å². The van der Waals surface area contributed by atoms with Gasteiger partial charge in [0.15, 0.2) is 0 Å². The molecule has 1 fully saturated rings. The van der Waals surface area contributed by atoms with Crippen molar-refractivity contribution in [3.8, 4) is 0 Å². The van der Waals surface area contributed by atoms with Crippen molar-refractivity contribution < 1.29 is 0 Å². The highest BCUT2D eigenvalue weighted by molar-refractivity contribution is 5.38. The third-order valence-electron chi connectivity index (χ3n) is 5.08. The third-order valence-corrected chi connectivity index (χ3v) is 5.08. The summed E-state index contributed by atoms with van der Waals surface area (Å²) in [6.45, 7) is 10.6. The summed E-state index contributed by atoms with van der Waals surface area (Å²) in [5, 5.41) is 0. The molecule has 3 heterocycles. The summed E-state index contributed by atoms with van der Waals surface area (Å²) in [5.41, 5.74) is 1.66. The summed E-state index contributed by atoms with van der Waals surface area (Å²) in [7, 11) is 0. The van der Waals surface area contributed by atoms with Crippen LogP contribution in [0.5, 0.6) is 0 Å². The van der Waals surface area contributed by atoms with E-state index in [0.29, 0.717) is 11.8 Å². The van der Waals surface area contributed by atoms with Gasteiger partial charge in [-0.25, -0.2) is 15.0 Å². The van der Waals surface area contributed by atoms with Crippen LogP contribution in [0.3, 0.4) is 0 Å². The lowest BCUT2D eigenvalue weighted by molar-refractivity contribution is 0.349. The molecule has 2 aromatic heterocycles. The molecule has 0 radical (unpaired) electrons. The van der Waals surface area contributed by atoms with Gasteiger partial charge in [-0.3, -0.25) is 9.36 Å². The number of hydrogen-bond acceptors (Lipinski definition) is 5. The molecule has 0 aliphatic carbocycles. The summed E-state index contributed by atoms with van der Waals surface area (Å²) < 4.78 is 1.77. The second kappa shape index (κ2) is 7.33. The van der Waals surface area contributed by atoms with Crippen molar-refractivity contribution in [2.45, 2.75) is 53.0 Å². The van der Waals surface area contributed by atoms with Gasteiger partial charge in [0.2, 0.25) is 0 Å². The predicted molar refractivity (Wildman–Crippen MR) is 99.0 cm³/mol. The lowest BCUT2D eigenvalue weighted by Gasteiger charge is -2.33. The molecule has 0 N–H and O–H groups in total. The zero-order valence-corrected chi connectivity index (χ0v) is 15.6. The maximum Gasteiger partial charge on any atom is 0.256 e. The molecule has 0 unspecified atom stereocenters. The maximum atomic E-state index is 12.3. The largest absolute Gasteiger partial charge is 0.356 e. The predicted octanol–water partition coefficient (Wildman–Crippen LogP) is 2.69. The first kappa shape index (κ1) is 17.6. The quantitative estimate of drug-likeness (QED) is 0.855. The molecule has 1 aliphatic heterocycles. The first-order chi connectivity index (χ1) is 12.0. The number of nitrogens with zero attached hydrogens (tertiary/aromatic N) is 5. The molecule has 2 aromatic rings. The second-order valence-corrected chi connectivity index (χ2v) is 7.27. The van der Waals surface area contributed by atoms with Crippen LogP contribution in [0.15, 0.2) is 23.4 Å². The third kappa shape index (κ3) is 3.89.